The van der Waals surface area contributed by atoms with Gasteiger partial charge < -0.3 is 19.1 Å². The highest BCUT2D eigenvalue weighted by Gasteiger charge is 2.24. The van der Waals surface area contributed by atoms with Gasteiger partial charge in [-0.15, -0.1) is 0 Å². The molecule has 0 aliphatic heterocycles. The van der Waals surface area contributed by atoms with Crippen molar-refractivity contribution in [1.29, 1.82) is 0 Å². The lowest BCUT2D eigenvalue weighted by molar-refractivity contribution is 0.0523. The fraction of sp³-hybridized carbons (Fsp3) is 0.444. The summed E-state index contributed by atoms with van der Waals surface area (Å²) >= 11 is 3.39. The smallest absolute Gasteiger partial charge is 0.343 e. The number of aromatic nitrogens is 1. The average molecular weight is 413 g/mol. The molecule has 0 fully saturated rings. The minimum atomic E-state index is -0.650. The van der Waals surface area contributed by atoms with Crippen molar-refractivity contribution in [1.82, 2.24) is 4.57 Å². The number of carbonyl (C=O) groups is 1. The minimum Gasteiger partial charge on any atom is -0.495 e. The van der Waals surface area contributed by atoms with E-state index < -0.39 is 5.97 Å². The second-order valence-corrected chi connectivity index (χ2v) is 6.87. The lowest BCUT2D eigenvalue weighted by Crippen LogP contribution is -2.26. The van der Waals surface area contributed by atoms with Crippen LogP contribution in [-0.4, -0.2) is 36.0 Å². The molecule has 0 saturated carbocycles. The molecule has 1 aromatic heterocycles. The van der Waals surface area contributed by atoms with Gasteiger partial charge in [0.05, 0.1) is 23.7 Å². The summed E-state index contributed by atoms with van der Waals surface area (Å²) in [6.07, 6.45) is 1.51. The molecule has 0 spiro atoms. The van der Waals surface area contributed by atoms with E-state index in [0.717, 1.165) is 0 Å². The van der Waals surface area contributed by atoms with Gasteiger partial charge in [-0.25, -0.2) is 4.79 Å². The molecule has 0 amide bonds. The van der Waals surface area contributed by atoms with Gasteiger partial charge in [0.15, 0.2) is 6.61 Å². The molecule has 2 N–H and O–H groups in total. The van der Waals surface area contributed by atoms with Crippen molar-refractivity contribution >= 4 is 32.8 Å². The highest BCUT2D eigenvalue weighted by Crippen LogP contribution is 2.31. The number of pyridine rings is 1. The van der Waals surface area contributed by atoms with Gasteiger partial charge >= 0.3 is 5.97 Å². The van der Waals surface area contributed by atoms with Gasteiger partial charge in [0.1, 0.15) is 17.4 Å². The average Bonchev–Trinajstić information content (AvgIpc) is 2.57. The number of halogens is 1. The van der Waals surface area contributed by atoms with Crippen LogP contribution in [0.25, 0.3) is 10.9 Å². The number of carbonyl (C=O) groups excluding carboxylic acids is 1. The van der Waals surface area contributed by atoms with Crippen LogP contribution in [0.5, 0.6) is 5.75 Å². The minimum absolute atomic E-state index is 0.0227. The Morgan fingerprint density at radius 3 is 2.56 bits per heavy atom. The standard InChI is InChI=1S/C18H22BrNO5/c1-5-25-18(23)12-8-20(15(9-21)10(2)3)14-7-16(24-4)13(19)6-11(14)17(12)22/h6-8,10,15,21H,5,9H2,1-4H3/p+1. The molecule has 0 radical (unpaired) electrons. The van der Waals surface area contributed by atoms with Gasteiger partial charge in [0.25, 0.3) is 0 Å². The Morgan fingerprint density at radius 2 is 2.04 bits per heavy atom. The summed E-state index contributed by atoms with van der Waals surface area (Å²) in [5.41, 5.74) is 0.218. The Kier molecular flexibility index (Phi) is 6.24. The molecular weight excluding hydrogens is 390 g/mol. The Labute approximate surface area is 154 Å². The van der Waals surface area contributed by atoms with Crippen molar-refractivity contribution in [3.05, 3.63) is 38.6 Å². The van der Waals surface area contributed by atoms with Crippen molar-refractivity contribution in [2.45, 2.75) is 26.8 Å². The maximum absolute atomic E-state index is 12.8. The summed E-state index contributed by atoms with van der Waals surface area (Å²) in [6, 6.07) is 3.21. The molecule has 136 valence electrons. The normalized spacial score (nSPS) is 12.4. The number of ether oxygens (including phenoxy) is 2. The van der Waals surface area contributed by atoms with Crippen LogP contribution in [-0.2, 0) is 4.74 Å². The molecule has 0 bridgehead atoms. The zero-order valence-electron chi connectivity index (χ0n) is 14.8. The van der Waals surface area contributed by atoms with Crippen LogP contribution in [0.4, 0.5) is 0 Å². The van der Waals surface area contributed by atoms with E-state index in [0.29, 0.717) is 21.1 Å². The van der Waals surface area contributed by atoms with E-state index in [2.05, 4.69) is 15.9 Å². The van der Waals surface area contributed by atoms with Crippen molar-refractivity contribution in [3.63, 3.8) is 0 Å². The van der Waals surface area contributed by atoms with E-state index in [1.807, 2.05) is 18.4 Å². The highest BCUT2D eigenvalue weighted by molar-refractivity contribution is 9.10. The van der Waals surface area contributed by atoms with E-state index in [1.165, 1.54) is 6.20 Å². The van der Waals surface area contributed by atoms with Crippen LogP contribution in [0.1, 0.15) is 37.2 Å². The Bertz CT molecular complexity index is 843. The van der Waals surface area contributed by atoms with Gasteiger partial charge in [-0.1, -0.05) is 13.8 Å². The maximum atomic E-state index is 12.8. The van der Waals surface area contributed by atoms with Crippen LogP contribution in [0.2, 0.25) is 0 Å². The quantitative estimate of drug-likeness (QED) is 0.539. The second kappa shape index (κ2) is 8.01. The number of hydrogen-bond acceptors (Lipinski definition) is 4. The third-order valence-electron chi connectivity index (χ3n) is 4.14. The second-order valence-electron chi connectivity index (χ2n) is 6.02. The lowest BCUT2D eigenvalue weighted by Gasteiger charge is -2.23. The number of fused-ring (bicyclic) bond motifs is 1. The first kappa shape index (κ1) is 19.5. The summed E-state index contributed by atoms with van der Waals surface area (Å²) < 4.78 is 12.8. The van der Waals surface area contributed by atoms with E-state index >= 15 is 0 Å². The zero-order valence-corrected chi connectivity index (χ0v) is 16.3. The third kappa shape index (κ3) is 3.72. The molecule has 25 heavy (non-hydrogen) atoms. The number of methoxy groups -OCH3 is 1. The third-order valence-corrected chi connectivity index (χ3v) is 4.76. The van der Waals surface area contributed by atoms with E-state index in [9.17, 15) is 9.59 Å². The Morgan fingerprint density at radius 1 is 1.36 bits per heavy atom. The fourth-order valence-electron chi connectivity index (χ4n) is 2.79. The molecule has 1 atom stereocenters. The predicted molar refractivity (Wildman–Crippen MR) is 101 cm³/mol. The molecule has 1 unspecified atom stereocenters. The van der Waals surface area contributed by atoms with Crippen LogP contribution < -0.4 is 10.2 Å². The Hall–Kier alpha value is -1.86. The van der Waals surface area contributed by atoms with Gasteiger partial charge in [0.2, 0.25) is 5.43 Å². The molecule has 1 heterocycles. The first-order chi connectivity index (χ1) is 11.8. The number of esters is 1. The molecule has 6 nitrogen and oxygen atoms in total. The first-order valence-corrected chi connectivity index (χ1v) is 8.89. The number of rotatable bonds is 6. The molecule has 7 heteroatoms. The van der Waals surface area contributed by atoms with Gasteiger partial charge in [-0.2, -0.15) is 0 Å². The summed E-state index contributed by atoms with van der Waals surface area (Å²) in [5, 5.41) is 8.29. The summed E-state index contributed by atoms with van der Waals surface area (Å²) in [5.74, 6) is 0.0764. The summed E-state index contributed by atoms with van der Waals surface area (Å²) in [6.45, 7) is 6.01. The zero-order chi connectivity index (χ0) is 18.7. The van der Waals surface area contributed by atoms with Crippen LogP contribution in [0.15, 0.2) is 27.6 Å². The van der Waals surface area contributed by atoms with Crippen molar-refractivity contribution in [2.75, 3.05) is 20.3 Å². The first-order valence-electron chi connectivity index (χ1n) is 8.09. The van der Waals surface area contributed by atoms with E-state index in [4.69, 9.17) is 14.6 Å². The van der Waals surface area contributed by atoms with Crippen LogP contribution >= 0.6 is 15.9 Å². The monoisotopic (exact) mass is 412 g/mol. The van der Waals surface area contributed by atoms with Crippen LogP contribution in [0, 0.1) is 5.92 Å². The number of benzene rings is 1. The number of nitrogens with zero attached hydrogens (tertiary/aromatic N) is 1. The largest absolute Gasteiger partial charge is 0.495 e. The van der Waals surface area contributed by atoms with Crippen molar-refractivity contribution in [2.24, 2.45) is 5.92 Å². The fourth-order valence-corrected chi connectivity index (χ4v) is 3.30. The molecular formula is C18H23BrNO5+. The lowest BCUT2D eigenvalue weighted by atomic mass is 10.0. The highest BCUT2D eigenvalue weighted by atomic mass is 79.9. The summed E-state index contributed by atoms with van der Waals surface area (Å²) in [7, 11) is 1.55. The summed E-state index contributed by atoms with van der Waals surface area (Å²) in [4.78, 5) is 25.0. The molecule has 1 aromatic carbocycles. The molecule has 0 aliphatic carbocycles. The van der Waals surface area contributed by atoms with Crippen molar-refractivity contribution < 1.29 is 19.4 Å². The van der Waals surface area contributed by atoms with Gasteiger partial charge in [-0.05, 0) is 34.8 Å². The topological polar surface area (TPSA) is 80.4 Å². The maximum Gasteiger partial charge on any atom is 0.343 e. The van der Waals surface area contributed by atoms with Gasteiger partial charge in [-0.3, -0.25) is 4.79 Å². The molecule has 2 rings (SSSR count). The predicted octanol–water partition coefficient (Wildman–Crippen LogP) is 2.87. The van der Waals surface area contributed by atoms with E-state index in [-0.39, 0.29) is 36.2 Å². The Balaban J connectivity index is 2.89. The van der Waals surface area contributed by atoms with Gasteiger partial charge in [0, 0.05) is 17.6 Å². The molecule has 0 saturated heterocycles. The molecule has 2 aromatic rings. The number of hydrogen-bond donors (Lipinski definition) is 0. The van der Waals surface area contributed by atoms with E-state index in [1.54, 1.807) is 26.2 Å². The van der Waals surface area contributed by atoms with Crippen molar-refractivity contribution in [3.8, 4) is 5.75 Å². The van der Waals surface area contributed by atoms with Crippen LogP contribution in [0.3, 0.4) is 0 Å². The molecule has 0 aliphatic rings. The SMILES string of the molecule is CCOC(=O)c1cn(C(C[OH2+])C(C)C)c2cc(OC)c(Br)cc2c1=O.